The van der Waals surface area contributed by atoms with Gasteiger partial charge in [0.05, 0.1) is 19.8 Å². The van der Waals surface area contributed by atoms with Crippen molar-refractivity contribution >= 4 is 11.5 Å². The first-order valence-electron chi connectivity index (χ1n) is 11.4. The number of hydrogen-bond donors (Lipinski definition) is 1. The fourth-order valence-corrected chi connectivity index (χ4v) is 3.98. The average Bonchev–Trinajstić information content (AvgIpc) is 3.09. The van der Waals surface area contributed by atoms with Gasteiger partial charge in [0, 0.05) is 36.4 Å². The number of carbonyl (C=O) groups is 1. The highest BCUT2D eigenvalue weighted by atomic mass is 16.5. The Hall–Kier alpha value is -4.07. The van der Waals surface area contributed by atoms with E-state index in [0.29, 0.717) is 37.0 Å². The monoisotopic (exact) mass is 459 g/mol. The van der Waals surface area contributed by atoms with Gasteiger partial charge in [-0.2, -0.15) is 5.10 Å². The number of rotatable bonds is 6. The molecule has 2 aliphatic rings. The van der Waals surface area contributed by atoms with Gasteiger partial charge in [-0.15, -0.1) is 0 Å². The number of allylic oxidation sites excluding steroid dienone is 1. The number of aromatic nitrogens is 2. The van der Waals surface area contributed by atoms with Gasteiger partial charge in [-0.3, -0.25) is 9.59 Å². The molecule has 0 spiro atoms. The van der Waals surface area contributed by atoms with E-state index in [1.807, 2.05) is 42.5 Å². The maximum absolute atomic E-state index is 13.0. The van der Waals surface area contributed by atoms with Crippen molar-refractivity contribution in [3.05, 3.63) is 87.8 Å². The van der Waals surface area contributed by atoms with Gasteiger partial charge in [0.15, 0.2) is 11.5 Å². The van der Waals surface area contributed by atoms with Crippen LogP contribution in [0.15, 0.2) is 65.5 Å². The molecule has 0 fully saturated rings. The van der Waals surface area contributed by atoms with Crippen LogP contribution in [-0.2, 0) is 13.0 Å². The van der Waals surface area contributed by atoms with Crippen LogP contribution in [0.1, 0.15) is 28.0 Å². The second kappa shape index (κ2) is 9.82. The molecular formula is C26H25N3O5. The van der Waals surface area contributed by atoms with Gasteiger partial charge >= 0.3 is 0 Å². The van der Waals surface area contributed by atoms with Crippen molar-refractivity contribution in [1.29, 1.82) is 0 Å². The topological polar surface area (TPSA) is 91.7 Å². The maximum Gasteiger partial charge on any atom is 0.266 e. The Morgan fingerprint density at radius 2 is 1.88 bits per heavy atom. The van der Waals surface area contributed by atoms with Crippen molar-refractivity contribution in [3.63, 3.8) is 0 Å². The zero-order valence-corrected chi connectivity index (χ0v) is 18.7. The minimum absolute atomic E-state index is 0.190. The van der Waals surface area contributed by atoms with E-state index in [0.717, 1.165) is 29.7 Å². The molecule has 5 rings (SSSR count). The first kappa shape index (κ1) is 21.8. The lowest BCUT2D eigenvalue weighted by atomic mass is 9.96. The molecule has 1 aromatic heterocycles. The summed E-state index contributed by atoms with van der Waals surface area (Å²) in [6, 6.07) is 16.1. The first-order valence-corrected chi connectivity index (χ1v) is 11.4. The third-order valence-electron chi connectivity index (χ3n) is 5.68. The molecule has 0 saturated carbocycles. The van der Waals surface area contributed by atoms with Gasteiger partial charge < -0.3 is 19.5 Å². The van der Waals surface area contributed by atoms with Crippen molar-refractivity contribution in [2.75, 3.05) is 26.4 Å². The fourth-order valence-electron chi connectivity index (χ4n) is 3.98. The van der Waals surface area contributed by atoms with Gasteiger partial charge in [-0.25, -0.2) is 4.68 Å². The van der Waals surface area contributed by atoms with E-state index >= 15 is 0 Å². The van der Waals surface area contributed by atoms with E-state index in [4.69, 9.17) is 14.2 Å². The number of fused-ring (bicyclic) bond motifs is 2. The molecule has 8 heteroatoms. The predicted octanol–water partition coefficient (Wildman–Crippen LogP) is 2.85. The number of ether oxygens (including phenoxy) is 3. The van der Waals surface area contributed by atoms with Gasteiger partial charge in [0.2, 0.25) is 5.78 Å². The highest BCUT2D eigenvalue weighted by molar-refractivity contribution is 6.07. The molecule has 2 aliphatic heterocycles. The molecule has 0 aliphatic carbocycles. The molecule has 0 unspecified atom stereocenters. The average molecular weight is 460 g/mol. The van der Waals surface area contributed by atoms with Crippen molar-refractivity contribution in [2.24, 2.45) is 0 Å². The Balaban J connectivity index is 1.35. The van der Waals surface area contributed by atoms with Gasteiger partial charge in [0.25, 0.3) is 5.56 Å². The third kappa shape index (κ3) is 4.80. The van der Waals surface area contributed by atoms with Gasteiger partial charge in [0.1, 0.15) is 18.1 Å². The second-order valence-electron chi connectivity index (χ2n) is 8.05. The molecule has 0 atom stereocenters. The highest BCUT2D eigenvalue weighted by Crippen LogP contribution is 2.36. The number of ketones is 1. The zero-order valence-electron chi connectivity index (χ0n) is 18.7. The summed E-state index contributed by atoms with van der Waals surface area (Å²) in [5.41, 5.74) is 2.61. The molecule has 1 N–H and O–H groups in total. The van der Waals surface area contributed by atoms with Crippen LogP contribution in [0.4, 0.5) is 0 Å². The molecule has 174 valence electrons. The minimum Gasteiger partial charge on any atom is -0.492 e. The summed E-state index contributed by atoms with van der Waals surface area (Å²) in [6.07, 6.45) is 3.18. The van der Waals surface area contributed by atoms with E-state index in [2.05, 4.69) is 10.4 Å². The molecule has 3 aromatic rings. The summed E-state index contributed by atoms with van der Waals surface area (Å²) in [5, 5.41) is 7.57. The second-order valence-corrected chi connectivity index (χ2v) is 8.05. The van der Waals surface area contributed by atoms with Crippen molar-refractivity contribution < 1.29 is 19.0 Å². The van der Waals surface area contributed by atoms with Crippen LogP contribution in [0.5, 0.6) is 17.2 Å². The lowest BCUT2D eigenvalue weighted by Gasteiger charge is -2.23. The normalized spacial score (nSPS) is 15.7. The Bertz CT molecular complexity index is 1280. The molecular weight excluding hydrogens is 434 g/mol. The van der Waals surface area contributed by atoms with E-state index in [9.17, 15) is 9.59 Å². The van der Waals surface area contributed by atoms with Crippen LogP contribution >= 0.6 is 0 Å². The molecule has 34 heavy (non-hydrogen) atoms. The predicted molar refractivity (Wildman–Crippen MR) is 126 cm³/mol. The summed E-state index contributed by atoms with van der Waals surface area (Å²) in [5.74, 6) is 1.85. The summed E-state index contributed by atoms with van der Waals surface area (Å²) in [4.78, 5) is 25.3. The molecule has 2 aromatic carbocycles. The quantitative estimate of drug-likeness (QED) is 0.448. The molecule has 0 saturated heterocycles. The van der Waals surface area contributed by atoms with Crippen molar-refractivity contribution in [2.45, 2.75) is 19.4 Å². The van der Waals surface area contributed by atoms with Crippen LogP contribution in [0.2, 0.25) is 0 Å². The van der Waals surface area contributed by atoms with Crippen LogP contribution in [0, 0.1) is 0 Å². The van der Waals surface area contributed by atoms with Crippen LogP contribution in [0.3, 0.4) is 0 Å². The summed E-state index contributed by atoms with van der Waals surface area (Å²) in [7, 11) is 0. The number of nitrogens with one attached hydrogen (secondary N) is 1. The number of nitrogens with zero attached hydrogens (tertiary/aromatic N) is 2. The smallest absolute Gasteiger partial charge is 0.266 e. The summed E-state index contributed by atoms with van der Waals surface area (Å²) >= 11 is 0. The Morgan fingerprint density at radius 3 is 2.71 bits per heavy atom. The van der Waals surface area contributed by atoms with E-state index < -0.39 is 0 Å². The summed E-state index contributed by atoms with van der Waals surface area (Å²) in [6.45, 7) is 2.42. The number of hydrogen-bond acceptors (Lipinski definition) is 7. The number of benzene rings is 2. The van der Waals surface area contributed by atoms with E-state index in [1.165, 1.54) is 22.9 Å². The largest absolute Gasteiger partial charge is 0.492 e. The fraction of sp³-hybridized carbons (Fsp3) is 0.269. The first-order chi connectivity index (χ1) is 16.7. The molecule has 0 radical (unpaired) electrons. The van der Waals surface area contributed by atoms with Gasteiger partial charge in [-0.05, 0) is 42.3 Å². The molecule has 8 nitrogen and oxygen atoms in total. The van der Waals surface area contributed by atoms with Crippen LogP contribution in [0.25, 0.3) is 5.70 Å². The zero-order chi connectivity index (χ0) is 23.3. The van der Waals surface area contributed by atoms with E-state index in [1.54, 1.807) is 0 Å². The van der Waals surface area contributed by atoms with Crippen molar-refractivity contribution in [1.82, 2.24) is 15.1 Å². The SMILES string of the molecule is O=C(/C=C1\NCCc2cc3c(cc21)OCCCO3)c1ccc(=O)n(CCOc2ccccc2)n1. The summed E-state index contributed by atoms with van der Waals surface area (Å²) < 4.78 is 18.5. The van der Waals surface area contributed by atoms with Crippen molar-refractivity contribution in [3.8, 4) is 17.2 Å². The van der Waals surface area contributed by atoms with E-state index in [-0.39, 0.29) is 30.2 Å². The lowest BCUT2D eigenvalue weighted by Crippen LogP contribution is -2.27. The maximum atomic E-state index is 13.0. The standard InChI is InChI=1S/C26H25N3O5/c30-23(21-7-8-26(31)29(28-21)11-14-32-19-5-2-1-3-6-19)17-22-20-16-25-24(33-12-4-13-34-25)15-18(20)9-10-27-22/h1-3,5-8,15-17,27H,4,9-14H2/b22-17-. The number of carbonyl (C=O) groups excluding carboxylic acids is 1. The Morgan fingerprint density at radius 1 is 1.09 bits per heavy atom. The minimum atomic E-state index is -0.291. The highest BCUT2D eigenvalue weighted by Gasteiger charge is 2.21. The lowest BCUT2D eigenvalue weighted by molar-refractivity contribution is 0.104. The third-order valence-corrected chi connectivity index (χ3v) is 5.68. The Kier molecular flexibility index (Phi) is 6.29. The number of para-hydroxylation sites is 1. The Labute approximate surface area is 196 Å². The molecule has 0 amide bonds. The van der Waals surface area contributed by atoms with Gasteiger partial charge in [-0.1, -0.05) is 18.2 Å². The van der Waals surface area contributed by atoms with Crippen LogP contribution < -0.4 is 25.1 Å². The molecule has 0 bridgehead atoms. The molecule has 3 heterocycles. The van der Waals surface area contributed by atoms with Crippen LogP contribution in [-0.4, -0.2) is 41.9 Å².